The first-order valence-corrected chi connectivity index (χ1v) is 8.71. The topological polar surface area (TPSA) is 50.9 Å². The molecular formula is C19H31N3O. The molecule has 0 atom stereocenters. The molecule has 1 heterocycles. The van der Waals surface area contributed by atoms with E-state index in [0.717, 1.165) is 13.1 Å². The first kappa shape index (κ1) is 17.8. The lowest BCUT2D eigenvalue weighted by Gasteiger charge is -2.21. The molecule has 0 aliphatic carbocycles. The number of nitrogens with zero attached hydrogens (tertiary/aromatic N) is 2. The van der Waals surface area contributed by atoms with Crippen LogP contribution in [0.1, 0.15) is 57.6 Å². The molecule has 0 saturated carbocycles. The normalized spacial score (nSPS) is 17.2. The van der Waals surface area contributed by atoms with Crippen molar-refractivity contribution < 1.29 is 4.74 Å². The van der Waals surface area contributed by atoms with Gasteiger partial charge in [-0.25, -0.2) is 4.99 Å². The summed E-state index contributed by atoms with van der Waals surface area (Å²) < 4.78 is 5.84. The molecule has 0 radical (unpaired) electrons. The molecule has 1 aliphatic heterocycles. The molecular weight excluding hydrogens is 286 g/mol. The fourth-order valence-electron chi connectivity index (χ4n) is 2.69. The number of guanidine groups is 1. The van der Waals surface area contributed by atoms with Gasteiger partial charge in [0.05, 0.1) is 18.8 Å². The quantitative estimate of drug-likeness (QED) is 0.680. The smallest absolute Gasteiger partial charge is 0.191 e. The van der Waals surface area contributed by atoms with Gasteiger partial charge in [-0.3, -0.25) is 0 Å². The molecule has 2 rings (SSSR count). The summed E-state index contributed by atoms with van der Waals surface area (Å²) in [6.45, 7) is 9.55. The summed E-state index contributed by atoms with van der Waals surface area (Å²) in [6, 6.07) is 8.41. The van der Waals surface area contributed by atoms with Crippen LogP contribution in [0.3, 0.4) is 0 Å². The molecule has 128 valence electrons. The first-order chi connectivity index (χ1) is 10.9. The largest absolute Gasteiger partial charge is 0.371 e. The number of ether oxygens (including phenoxy) is 1. The third kappa shape index (κ3) is 6.61. The average molecular weight is 317 g/mol. The summed E-state index contributed by atoms with van der Waals surface area (Å²) in [5.74, 6) is 0.684. The summed E-state index contributed by atoms with van der Waals surface area (Å²) in [5, 5.41) is 0. The second-order valence-corrected chi connectivity index (χ2v) is 7.30. The van der Waals surface area contributed by atoms with Crippen LogP contribution < -0.4 is 5.73 Å². The Labute approximate surface area is 140 Å². The molecule has 23 heavy (non-hydrogen) atoms. The summed E-state index contributed by atoms with van der Waals surface area (Å²) in [5.41, 5.74) is 8.41. The molecule has 4 nitrogen and oxygen atoms in total. The zero-order valence-corrected chi connectivity index (χ0v) is 14.8. The molecule has 1 aliphatic rings. The van der Waals surface area contributed by atoms with Crippen LogP contribution in [0, 0.1) is 0 Å². The Morgan fingerprint density at radius 3 is 2.43 bits per heavy atom. The minimum atomic E-state index is -0.120. The van der Waals surface area contributed by atoms with Crippen molar-refractivity contribution in [2.24, 2.45) is 10.7 Å². The molecule has 0 amide bonds. The second kappa shape index (κ2) is 8.34. The number of likely N-dealkylation sites (tertiary alicyclic amines) is 1. The Morgan fingerprint density at radius 2 is 1.78 bits per heavy atom. The maximum Gasteiger partial charge on any atom is 0.191 e. The van der Waals surface area contributed by atoms with Crippen molar-refractivity contribution in [1.82, 2.24) is 4.90 Å². The SMILES string of the molecule is CC(C)(C)OCc1cccc(CN=C(N)N2CCCCCC2)c1. The summed E-state index contributed by atoms with van der Waals surface area (Å²) in [7, 11) is 0. The van der Waals surface area contributed by atoms with Crippen LogP contribution >= 0.6 is 0 Å². The lowest BCUT2D eigenvalue weighted by Crippen LogP contribution is -2.38. The van der Waals surface area contributed by atoms with E-state index < -0.39 is 0 Å². The molecule has 2 N–H and O–H groups in total. The van der Waals surface area contributed by atoms with Crippen molar-refractivity contribution >= 4 is 5.96 Å². The van der Waals surface area contributed by atoms with Gasteiger partial charge >= 0.3 is 0 Å². The fraction of sp³-hybridized carbons (Fsp3) is 0.632. The Hall–Kier alpha value is -1.55. The van der Waals surface area contributed by atoms with Gasteiger partial charge in [-0.05, 0) is 44.7 Å². The van der Waals surface area contributed by atoms with Crippen molar-refractivity contribution in [2.45, 2.75) is 65.2 Å². The zero-order chi connectivity index (χ0) is 16.7. The number of nitrogens with two attached hydrogens (primary N) is 1. The maximum absolute atomic E-state index is 6.17. The van der Waals surface area contributed by atoms with Crippen LogP contribution in [0.5, 0.6) is 0 Å². The minimum Gasteiger partial charge on any atom is -0.371 e. The van der Waals surface area contributed by atoms with Gasteiger partial charge in [-0.1, -0.05) is 37.1 Å². The highest BCUT2D eigenvalue weighted by molar-refractivity contribution is 5.78. The van der Waals surface area contributed by atoms with E-state index in [4.69, 9.17) is 10.5 Å². The van der Waals surface area contributed by atoms with Gasteiger partial charge in [0.25, 0.3) is 0 Å². The standard InChI is InChI=1S/C19H31N3O/c1-19(2,3)23-15-17-10-8-9-16(13-17)14-21-18(20)22-11-6-4-5-7-12-22/h8-10,13H,4-7,11-12,14-15H2,1-3H3,(H2,20,21). The highest BCUT2D eigenvalue weighted by Crippen LogP contribution is 2.14. The summed E-state index contributed by atoms with van der Waals surface area (Å²) >= 11 is 0. The molecule has 1 fully saturated rings. The number of hydrogen-bond donors (Lipinski definition) is 1. The lowest BCUT2D eigenvalue weighted by molar-refractivity contribution is -0.0149. The Morgan fingerprint density at radius 1 is 1.13 bits per heavy atom. The third-order valence-corrected chi connectivity index (χ3v) is 4.02. The Balaban J connectivity index is 1.92. The number of benzene rings is 1. The van der Waals surface area contributed by atoms with E-state index in [9.17, 15) is 0 Å². The fourth-order valence-corrected chi connectivity index (χ4v) is 2.69. The lowest BCUT2D eigenvalue weighted by atomic mass is 10.1. The number of hydrogen-bond acceptors (Lipinski definition) is 2. The molecule has 1 saturated heterocycles. The summed E-state index contributed by atoms with van der Waals surface area (Å²) in [6.07, 6.45) is 5.05. The molecule has 0 unspecified atom stereocenters. The molecule has 1 aromatic carbocycles. The molecule has 0 bridgehead atoms. The van der Waals surface area contributed by atoms with Gasteiger partial charge in [0.2, 0.25) is 0 Å². The summed E-state index contributed by atoms with van der Waals surface area (Å²) in [4.78, 5) is 6.81. The Kier molecular flexibility index (Phi) is 6.46. The number of rotatable bonds is 4. The highest BCUT2D eigenvalue weighted by Gasteiger charge is 2.11. The average Bonchev–Trinajstić information content (AvgIpc) is 2.80. The van der Waals surface area contributed by atoms with Crippen LogP contribution in [-0.4, -0.2) is 29.6 Å². The van der Waals surface area contributed by atoms with Crippen LogP contribution in [-0.2, 0) is 17.9 Å². The molecule has 4 heteroatoms. The van der Waals surface area contributed by atoms with E-state index in [-0.39, 0.29) is 5.60 Å². The van der Waals surface area contributed by atoms with Crippen LogP contribution in [0.15, 0.2) is 29.3 Å². The first-order valence-electron chi connectivity index (χ1n) is 8.71. The van der Waals surface area contributed by atoms with E-state index in [1.807, 2.05) is 0 Å². The van der Waals surface area contributed by atoms with E-state index in [1.54, 1.807) is 0 Å². The molecule has 1 aromatic rings. The third-order valence-electron chi connectivity index (χ3n) is 4.02. The van der Waals surface area contributed by atoms with Crippen molar-refractivity contribution in [1.29, 1.82) is 0 Å². The second-order valence-electron chi connectivity index (χ2n) is 7.30. The van der Waals surface area contributed by atoms with Crippen molar-refractivity contribution in [3.8, 4) is 0 Å². The predicted molar refractivity (Wildman–Crippen MR) is 96.4 cm³/mol. The number of aliphatic imine (C=N–C) groups is 1. The highest BCUT2D eigenvalue weighted by atomic mass is 16.5. The van der Waals surface area contributed by atoms with Gasteiger partial charge in [-0.2, -0.15) is 0 Å². The van der Waals surface area contributed by atoms with Gasteiger partial charge in [0, 0.05) is 13.1 Å². The van der Waals surface area contributed by atoms with Gasteiger partial charge in [0.1, 0.15) is 0 Å². The van der Waals surface area contributed by atoms with Crippen molar-refractivity contribution in [3.05, 3.63) is 35.4 Å². The minimum absolute atomic E-state index is 0.120. The molecule has 0 spiro atoms. The van der Waals surface area contributed by atoms with Crippen LogP contribution in [0.2, 0.25) is 0 Å². The Bertz CT molecular complexity index is 512. The van der Waals surface area contributed by atoms with Crippen molar-refractivity contribution in [3.63, 3.8) is 0 Å². The maximum atomic E-state index is 6.17. The van der Waals surface area contributed by atoms with Crippen molar-refractivity contribution in [2.75, 3.05) is 13.1 Å². The van der Waals surface area contributed by atoms with Crippen LogP contribution in [0.25, 0.3) is 0 Å². The predicted octanol–water partition coefficient (Wildman–Crippen LogP) is 3.69. The van der Waals surface area contributed by atoms with Gasteiger partial charge in [0.15, 0.2) is 5.96 Å². The van der Waals surface area contributed by atoms with E-state index in [0.29, 0.717) is 19.1 Å². The molecule has 0 aromatic heterocycles. The monoisotopic (exact) mass is 317 g/mol. The van der Waals surface area contributed by atoms with Gasteiger partial charge in [-0.15, -0.1) is 0 Å². The van der Waals surface area contributed by atoms with Crippen LogP contribution in [0.4, 0.5) is 0 Å². The van der Waals surface area contributed by atoms with E-state index in [2.05, 4.69) is 54.9 Å². The van der Waals surface area contributed by atoms with E-state index >= 15 is 0 Å². The van der Waals surface area contributed by atoms with Gasteiger partial charge < -0.3 is 15.4 Å². The zero-order valence-electron chi connectivity index (χ0n) is 14.8. The van der Waals surface area contributed by atoms with E-state index in [1.165, 1.54) is 36.8 Å².